The molecule has 0 N–H and O–H groups in total. The van der Waals surface area contributed by atoms with Gasteiger partial charge in [0.05, 0.1) is 6.04 Å². The van der Waals surface area contributed by atoms with Crippen molar-refractivity contribution >= 4 is 10.0 Å². The summed E-state index contributed by atoms with van der Waals surface area (Å²) in [6.07, 6.45) is 5.91. The zero-order chi connectivity index (χ0) is 14.3. The van der Waals surface area contributed by atoms with Gasteiger partial charge in [-0.15, -0.1) is 0 Å². The summed E-state index contributed by atoms with van der Waals surface area (Å²) in [5.74, 6) is 0.686. The van der Waals surface area contributed by atoms with Crippen molar-refractivity contribution in [2.75, 3.05) is 13.1 Å². The fraction of sp³-hybridized carbons (Fsp3) is 0.500. The van der Waals surface area contributed by atoms with Gasteiger partial charge in [0.15, 0.2) is 5.03 Å². The van der Waals surface area contributed by atoms with E-state index in [4.69, 9.17) is 0 Å². The maximum absolute atomic E-state index is 12.5. The van der Waals surface area contributed by atoms with E-state index in [0.29, 0.717) is 18.9 Å². The van der Waals surface area contributed by atoms with Crippen LogP contribution in [0.25, 0.3) is 0 Å². The summed E-state index contributed by atoms with van der Waals surface area (Å²) in [6.45, 7) is 2.73. The second-order valence-corrected chi connectivity index (χ2v) is 6.91. The molecule has 0 aliphatic carbocycles. The quantitative estimate of drug-likeness (QED) is 0.829. The number of hydrogen-bond acceptors (Lipinski definition) is 4. The number of hydrogen-bond donors (Lipinski definition) is 0. The van der Waals surface area contributed by atoms with Crippen LogP contribution in [0.3, 0.4) is 0 Å². The van der Waals surface area contributed by atoms with E-state index < -0.39 is 10.0 Å². The Morgan fingerprint density at radius 2 is 2.20 bits per heavy atom. The Hall–Kier alpha value is -1.67. The van der Waals surface area contributed by atoms with Gasteiger partial charge in [0, 0.05) is 38.7 Å². The number of sulfonamides is 1. The first-order valence-electron chi connectivity index (χ1n) is 6.48. The second-order valence-electron chi connectivity index (χ2n) is 5.03. The number of rotatable bonds is 3. The molecule has 0 bridgehead atoms. The molecule has 1 saturated heterocycles. The highest BCUT2D eigenvalue weighted by atomic mass is 32.2. The number of aromatic nitrogens is 4. The summed E-state index contributed by atoms with van der Waals surface area (Å²) in [5, 5.41) is 4.30. The average Bonchev–Trinajstić information content (AvgIpc) is 3.10. The molecule has 2 aromatic heterocycles. The SMILES string of the molecule is Cc1nc(S(=O)(=O)N2CCC(n3cccn3)C2)cn1C. The Labute approximate surface area is 117 Å². The fourth-order valence-corrected chi connectivity index (χ4v) is 3.94. The van der Waals surface area contributed by atoms with Gasteiger partial charge >= 0.3 is 0 Å². The molecule has 0 aromatic carbocycles. The first-order valence-corrected chi connectivity index (χ1v) is 7.92. The first kappa shape index (κ1) is 13.3. The maximum atomic E-state index is 12.5. The summed E-state index contributed by atoms with van der Waals surface area (Å²) in [5.41, 5.74) is 0. The average molecular weight is 295 g/mol. The molecule has 1 atom stereocenters. The Morgan fingerprint density at radius 1 is 1.40 bits per heavy atom. The van der Waals surface area contributed by atoms with E-state index in [1.54, 1.807) is 30.9 Å². The number of imidazole rings is 1. The van der Waals surface area contributed by atoms with Crippen LogP contribution in [0.15, 0.2) is 29.7 Å². The second kappa shape index (κ2) is 4.71. The van der Waals surface area contributed by atoms with Crippen molar-refractivity contribution < 1.29 is 8.42 Å². The van der Waals surface area contributed by atoms with Crippen LogP contribution in [0.4, 0.5) is 0 Å². The Bertz CT molecular complexity index is 685. The zero-order valence-corrected chi connectivity index (χ0v) is 12.3. The lowest BCUT2D eigenvalue weighted by Crippen LogP contribution is -2.29. The molecule has 0 spiro atoms. The van der Waals surface area contributed by atoms with Gasteiger partial charge in [-0.25, -0.2) is 13.4 Å². The van der Waals surface area contributed by atoms with E-state index in [1.807, 2.05) is 16.9 Å². The third-order valence-electron chi connectivity index (χ3n) is 3.72. The Balaban J connectivity index is 1.83. The van der Waals surface area contributed by atoms with Gasteiger partial charge < -0.3 is 4.57 Å². The van der Waals surface area contributed by atoms with E-state index in [2.05, 4.69) is 10.1 Å². The predicted molar refractivity (Wildman–Crippen MR) is 72.6 cm³/mol. The molecule has 7 nitrogen and oxygen atoms in total. The molecular weight excluding hydrogens is 278 g/mol. The van der Waals surface area contributed by atoms with E-state index >= 15 is 0 Å². The smallest absolute Gasteiger partial charge is 0.262 e. The van der Waals surface area contributed by atoms with E-state index in [-0.39, 0.29) is 11.1 Å². The number of nitrogens with zero attached hydrogens (tertiary/aromatic N) is 5. The molecule has 1 aliphatic rings. The third-order valence-corrected chi connectivity index (χ3v) is 5.45. The van der Waals surface area contributed by atoms with Crippen molar-refractivity contribution in [2.24, 2.45) is 7.05 Å². The van der Waals surface area contributed by atoms with E-state index in [9.17, 15) is 8.42 Å². The normalized spacial score (nSPS) is 20.6. The van der Waals surface area contributed by atoms with Crippen molar-refractivity contribution in [3.8, 4) is 0 Å². The molecular formula is C12H17N5O2S. The van der Waals surface area contributed by atoms with Gasteiger partial charge in [0.25, 0.3) is 10.0 Å². The number of aryl methyl sites for hydroxylation is 2. The molecule has 108 valence electrons. The molecule has 2 aromatic rings. The van der Waals surface area contributed by atoms with E-state index in [1.165, 1.54) is 4.31 Å². The fourth-order valence-electron chi connectivity index (χ4n) is 2.42. The van der Waals surface area contributed by atoms with Crippen molar-refractivity contribution in [1.82, 2.24) is 23.6 Å². The van der Waals surface area contributed by atoms with Crippen molar-refractivity contribution in [3.63, 3.8) is 0 Å². The van der Waals surface area contributed by atoms with Crippen molar-refractivity contribution in [3.05, 3.63) is 30.5 Å². The van der Waals surface area contributed by atoms with Crippen molar-refractivity contribution in [1.29, 1.82) is 0 Å². The molecule has 1 aliphatic heterocycles. The van der Waals surface area contributed by atoms with Crippen LogP contribution in [0.5, 0.6) is 0 Å². The van der Waals surface area contributed by atoms with Gasteiger partial charge in [0.2, 0.25) is 0 Å². The summed E-state index contributed by atoms with van der Waals surface area (Å²) < 4.78 is 30.1. The van der Waals surface area contributed by atoms with Gasteiger partial charge in [-0.2, -0.15) is 9.40 Å². The van der Waals surface area contributed by atoms with Crippen LogP contribution in [0, 0.1) is 6.92 Å². The van der Waals surface area contributed by atoms with Crippen LogP contribution in [-0.4, -0.2) is 45.1 Å². The van der Waals surface area contributed by atoms with Crippen LogP contribution in [-0.2, 0) is 17.1 Å². The summed E-state index contributed by atoms with van der Waals surface area (Å²) in [6, 6.07) is 1.95. The van der Waals surface area contributed by atoms with Crippen LogP contribution >= 0.6 is 0 Å². The standard InChI is InChI=1S/C12H17N5O2S/c1-10-14-12(9-15(10)2)20(18,19)16-7-4-11(8-16)17-6-3-5-13-17/h3,5-6,9,11H,4,7-8H2,1-2H3. The van der Waals surface area contributed by atoms with Gasteiger partial charge in [0.1, 0.15) is 5.82 Å². The largest absolute Gasteiger partial charge is 0.337 e. The summed E-state index contributed by atoms with van der Waals surface area (Å²) in [7, 11) is -1.71. The van der Waals surface area contributed by atoms with Gasteiger partial charge in [-0.1, -0.05) is 0 Å². The highest BCUT2D eigenvalue weighted by Gasteiger charge is 2.35. The molecule has 1 unspecified atom stereocenters. The first-order chi connectivity index (χ1) is 9.48. The molecule has 0 radical (unpaired) electrons. The summed E-state index contributed by atoms with van der Waals surface area (Å²) >= 11 is 0. The predicted octanol–water partition coefficient (Wildman–Crippen LogP) is 0.561. The summed E-state index contributed by atoms with van der Waals surface area (Å²) in [4.78, 5) is 4.13. The lowest BCUT2D eigenvalue weighted by Gasteiger charge is -2.15. The monoisotopic (exact) mass is 295 g/mol. The molecule has 3 rings (SSSR count). The molecule has 8 heteroatoms. The minimum absolute atomic E-state index is 0.101. The third kappa shape index (κ3) is 2.14. The van der Waals surface area contributed by atoms with Gasteiger partial charge in [-0.05, 0) is 19.4 Å². The zero-order valence-electron chi connectivity index (χ0n) is 11.5. The van der Waals surface area contributed by atoms with Crippen molar-refractivity contribution in [2.45, 2.75) is 24.4 Å². The lowest BCUT2D eigenvalue weighted by atomic mass is 10.3. The van der Waals surface area contributed by atoms with E-state index in [0.717, 1.165) is 6.42 Å². The molecule has 20 heavy (non-hydrogen) atoms. The highest BCUT2D eigenvalue weighted by Crippen LogP contribution is 2.26. The van der Waals surface area contributed by atoms with Crippen LogP contribution in [0.2, 0.25) is 0 Å². The molecule has 3 heterocycles. The van der Waals surface area contributed by atoms with Crippen LogP contribution in [0.1, 0.15) is 18.3 Å². The minimum atomic E-state index is -3.50. The molecule has 0 amide bonds. The maximum Gasteiger partial charge on any atom is 0.262 e. The topological polar surface area (TPSA) is 73.0 Å². The Morgan fingerprint density at radius 3 is 2.80 bits per heavy atom. The molecule has 0 saturated carbocycles. The van der Waals surface area contributed by atoms with Crippen LogP contribution < -0.4 is 0 Å². The highest BCUT2D eigenvalue weighted by molar-refractivity contribution is 7.89. The minimum Gasteiger partial charge on any atom is -0.337 e. The van der Waals surface area contributed by atoms with Gasteiger partial charge in [-0.3, -0.25) is 4.68 Å². The Kier molecular flexibility index (Phi) is 3.14. The molecule has 1 fully saturated rings. The lowest BCUT2D eigenvalue weighted by molar-refractivity contribution is 0.433.